The highest BCUT2D eigenvalue weighted by Crippen LogP contribution is 2.17. The molecular formula is C14H21FN2O2S. The summed E-state index contributed by atoms with van der Waals surface area (Å²) in [6.45, 7) is 6.24. The van der Waals surface area contributed by atoms with E-state index in [0.29, 0.717) is 12.5 Å². The van der Waals surface area contributed by atoms with E-state index in [0.717, 1.165) is 12.5 Å². The van der Waals surface area contributed by atoms with Crippen molar-refractivity contribution < 1.29 is 13.4 Å². The van der Waals surface area contributed by atoms with E-state index in [1.54, 1.807) is 6.92 Å². The Bertz CT molecular complexity index is 506. The van der Waals surface area contributed by atoms with Crippen LogP contribution in [0.4, 0.5) is 10.1 Å². The molecule has 1 aromatic rings. The average Bonchev–Trinajstić information content (AvgIpc) is 2.39. The molecular weight excluding hydrogens is 279 g/mol. The van der Waals surface area contributed by atoms with E-state index in [1.807, 2.05) is 0 Å². The summed E-state index contributed by atoms with van der Waals surface area (Å²) in [4.78, 5) is 12.1. The second-order valence-corrected chi connectivity index (χ2v) is 6.87. The molecule has 1 amide bonds. The molecule has 0 aliphatic heterocycles. The molecule has 0 saturated carbocycles. The van der Waals surface area contributed by atoms with Crippen LogP contribution in [0.5, 0.6) is 0 Å². The van der Waals surface area contributed by atoms with E-state index >= 15 is 0 Å². The van der Waals surface area contributed by atoms with Crippen molar-refractivity contribution in [2.75, 3.05) is 12.3 Å². The Morgan fingerprint density at radius 2 is 2.05 bits per heavy atom. The van der Waals surface area contributed by atoms with Gasteiger partial charge in [0.1, 0.15) is 11.1 Å². The number of halogens is 1. The summed E-state index contributed by atoms with van der Waals surface area (Å²) in [5, 5.41) is 2.01. The standard InChI is InChI=1S/C14H21FN2O2S/c1-9(2)6-7-17-14(18)10(3)20(19)11-4-5-13(16)12(15)8-11/h4-5,8-10H,6-7,16H2,1-3H3,(H,17,18). The Kier molecular flexibility index (Phi) is 6.13. The zero-order valence-electron chi connectivity index (χ0n) is 12.0. The molecule has 3 N–H and O–H groups in total. The van der Waals surface area contributed by atoms with Crippen molar-refractivity contribution in [1.82, 2.24) is 5.32 Å². The maximum Gasteiger partial charge on any atom is 0.235 e. The van der Waals surface area contributed by atoms with Crippen molar-refractivity contribution >= 4 is 22.4 Å². The maximum absolute atomic E-state index is 13.3. The second kappa shape index (κ2) is 7.38. The zero-order valence-corrected chi connectivity index (χ0v) is 12.8. The van der Waals surface area contributed by atoms with Crippen LogP contribution in [0.3, 0.4) is 0 Å². The summed E-state index contributed by atoms with van der Waals surface area (Å²) in [7, 11) is -1.60. The highest BCUT2D eigenvalue weighted by Gasteiger charge is 2.21. The first-order chi connectivity index (χ1) is 9.32. The van der Waals surface area contributed by atoms with Gasteiger partial charge in [0.2, 0.25) is 5.91 Å². The topological polar surface area (TPSA) is 72.2 Å². The van der Waals surface area contributed by atoms with Gasteiger partial charge in [0, 0.05) is 11.4 Å². The molecule has 0 bridgehead atoms. The monoisotopic (exact) mass is 300 g/mol. The number of amides is 1. The van der Waals surface area contributed by atoms with Crippen LogP contribution >= 0.6 is 0 Å². The van der Waals surface area contributed by atoms with Crippen LogP contribution in [0, 0.1) is 11.7 Å². The van der Waals surface area contributed by atoms with Gasteiger partial charge >= 0.3 is 0 Å². The molecule has 112 valence electrons. The molecule has 2 unspecified atom stereocenters. The number of benzene rings is 1. The van der Waals surface area contributed by atoms with Gasteiger partial charge in [0.15, 0.2) is 0 Å². The number of hydrogen-bond donors (Lipinski definition) is 2. The molecule has 2 atom stereocenters. The fourth-order valence-electron chi connectivity index (χ4n) is 1.56. The van der Waals surface area contributed by atoms with E-state index in [9.17, 15) is 13.4 Å². The highest BCUT2D eigenvalue weighted by molar-refractivity contribution is 7.86. The predicted molar refractivity (Wildman–Crippen MR) is 79.1 cm³/mol. The van der Waals surface area contributed by atoms with Gasteiger partial charge in [0.25, 0.3) is 0 Å². The van der Waals surface area contributed by atoms with Gasteiger partial charge in [-0.25, -0.2) is 4.39 Å². The summed E-state index contributed by atoms with van der Waals surface area (Å²) in [5.41, 5.74) is 5.37. The van der Waals surface area contributed by atoms with Crippen LogP contribution in [-0.2, 0) is 15.6 Å². The highest BCUT2D eigenvalue weighted by atomic mass is 32.2. The minimum atomic E-state index is -1.60. The fourth-order valence-corrected chi connectivity index (χ4v) is 2.67. The number of anilines is 1. The molecule has 0 aliphatic carbocycles. The number of rotatable bonds is 6. The normalized spacial score (nSPS) is 14.1. The van der Waals surface area contributed by atoms with E-state index in [4.69, 9.17) is 5.73 Å². The lowest BCUT2D eigenvalue weighted by atomic mass is 10.1. The SMILES string of the molecule is CC(C)CCNC(=O)C(C)S(=O)c1ccc(N)c(F)c1. The quantitative estimate of drug-likeness (QED) is 0.790. The third-order valence-corrected chi connectivity index (χ3v) is 4.49. The molecule has 0 aromatic heterocycles. The van der Waals surface area contributed by atoms with Crippen LogP contribution in [0.1, 0.15) is 27.2 Å². The van der Waals surface area contributed by atoms with Crippen molar-refractivity contribution in [3.63, 3.8) is 0 Å². The smallest absolute Gasteiger partial charge is 0.235 e. The summed E-state index contributed by atoms with van der Waals surface area (Å²) in [6.07, 6.45) is 0.863. The lowest BCUT2D eigenvalue weighted by Crippen LogP contribution is -2.36. The Morgan fingerprint density at radius 3 is 2.60 bits per heavy atom. The zero-order chi connectivity index (χ0) is 15.3. The first-order valence-electron chi connectivity index (χ1n) is 6.56. The van der Waals surface area contributed by atoms with Crippen LogP contribution in [-0.4, -0.2) is 21.9 Å². The van der Waals surface area contributed by atoms with Crippen LogP contribution in [0.25, 0.3) is 0 Å². The average molecular weight is 300 g/mol. The molecule has 4 nitrogen and oxygen atoms in total. The van der Waals surface area contributed by atoms with Gasteiger partial charge in [-0.2, -0.15) is 0 Å². The number of hydrogen-bond acceptors (Lipinski definition) is 3. The number of nitrogen functional groups attached to an aromatic ring is 1. The minimum Gasteiger partial charge on any atom is -0.396 e. The lowest BCUT2D eigenvalue weighted by molar-refractivity contribution is -0.120. The Morgan fingerprint density at radius 1 is 1.40 bits per heavy atom. The van der Waals surface area contributed by atoms with Crippen molar-refractivity contribution in [3.8, 4) is 0 Å². The summed E-state index contributed by atoms with van der Waals surface area (Å²) in [5.74, 6) is -0.424. The molecule has 0 radical (unpaired) electrons. The second-order valence-electron chi connectivity index (χ2n) is 5.10. The predicted octanol–water partition coefficient (Wildman–Crippen LogP) is 2.07. The third-order valence-electron chi connectivity index (χ3n) is 2.92. The molecule has 0 spiro atoms. The molecule has 1 aromatic carbocycles. The molecule has 0 saturated heterocycles. The Hall–Kier alpha value is -1.43. The third kappa shape index (κ3) is 4.59. The van der Waals surface area contributed by atoms with E-state index in [2.05, 4.69) is 19.2 Å². The Labute approximate surface area is 121 Å². The van der Waals surface area contributed by atoms with E-state index < -0.39 is 21.9 Å². The van der Waals surface area contributed by atoms with E-state index in [1.165, 1.54) is 12.1 Å². The molecule has 1 rings (SSSR count). The molecule has 20 heavy (non-hydrogen) atoms. The van der Waals surface area contributed by atoms with Crippen LogP contribution in [0.15, 0.2) is 23.1 Å². The van der Waals surface area contributed by atoms with E-state index in [-0.39, 0.29) is 16.5 Å². The number of nitrogens with one attached hydrogen (secondary N) is 1. The fraction of sp³-hybridized carbons (Fsp3) is 0.500. The number of carbonyl (C=O) groups is 1. The lowest BCUT2D eigenvalue weighted by Gasteiger charge is -2.13. The first-order valence-corrected chi connectivity index (χ1v) is 7.77. The van der Waals surface area contributed by atoms with Crippen LogP contribution in [0.2, 0.25) is 0 Å². The van der Waals surface area contributed by atoms with Crippen molar-refractivity contribution in [2.24, 2.45) is 5.92 Å². The minimum absolute atomic E-state index is 0.000196. The van der Waals surface area contributed by atoms with Gasteiger partial charge in [-0.3, -0.25) is 9.00 Å². The number of carbonyl (C=O) groups excluding carboxylic acids is 1. The summed E-state index contributed by atoms with van der Waals surface area (Å²) in [6, 6.07) is 3.95. The van der Waals surface area contributed by atoms with Crippen molar-refractivity contribution in [2.45, 2.75) is 37.3 Å². The van der Waals surface area contributed by atoms with Gasteiger partial charge < -0.3 is 11.1 Å². The summed E-state index contributed by atoms with van der Waals surface area (Å²) < 4.78 is 25.5. The molecule has 0 fully saturated rings. The van der Waals surface area contributed by atoms with Crippen molar-refractivity contribution in [1.29, 1.82) is 0 Å². The number of nitrogens with two attached hydrogens (primary N) is 1. The van der Waals surface area contributed by atoms with Gasteiger partial charge in [-0.1, -0.05) is 13.8 Å². The molecule has 6 heteroatoms. The molecule has 0 aliphatic rings. The van der Waals surface area contributed by atoms with Crippen LogP contribution < -0.4 is 11.1 Å². The molecule has 0 heterocycles. The van der Waals surface area contributed by atoms with Gasteiger partial charge in [0.05, 0.1) is 16.5 Å². The summed E-state index contributed by atoms with van der Waals surface area (Å²) >= 11 is 0. The van der Waals surface area contributed by atoms with Gasteiger partial charge in [-0.15, -0.1) is 0 Å². The Balaban J connectivity index is 2.66. The largest absolute Gasteiger partial charge is 0.396 e. The maximum atomic E-state index is 13.3. The van der Waals surface area contributed by atoms with Crippen molar-refractivity contribution in [3.05, 3.63) is 24.0 Å². The first kappa shape index (κ1) is 16.6. The van der Waals surface area contributed by atoms with Gasteiger partial charge in [-0.05, 0) is 37.5 Å².